The summed E-state index contributed by atoms with van der Waals surface area (Å²) in [7, 11) is 3.54. The molecule has 0 aromatic carbocycles. The number of hydrogen-bond donors (Lipinski definition) is 2. The Morgan fingerprint density at radius 3 is 2.48 bits per heavy atom. The summed E-state index contributed by atoms with van der Waals surface area (Å²) >= 11 is 0. The van der Waals surface area contributed by atoms with Crippen LogP contribution in [0.1, 0.15) is 62.9 Å². The summed E-state index contributed by atoms with van der Waals surface area (Å²) in [6.45, 7) is 11.9. The van der Waals surface area contributed by atoms with E-state index < -0.39 is 0 Å². The number of methoxy groups -OCH3 is 1. The van der Waals surface area contributed by atoms with E-state index in [-0.39, 0.29) is 24.0 Å². The van der Waals surface area contributed by atoms with Crippen molar-refractivity contribution in [3.05, 3.63) is 17.0 Å². The molecule has 2 N–H and O–H groups in total. The molecule has 0 saturated carbocycles. The standard InChI is InChI=1S/C20H39N5O.HI/c1-16(2)11-9-7-8-10-12-22-20(21-5)23-15-19-17(3)24-25(18(19)4)13-14-26-6;/h16H,7-15H2,1-6H3,(H2,21,22,23);1H. The summed E-state index contributed by atoms with van der Waals surface area (Å²) in [4.78, 5) is 4.32. The van der Waals surface area contributed by atoms with Crippen LogP contribution in [0.25, 0.3) is 0 Å². The van der Waals surface area contributed by atoms with Crippen molar-refractivity contribution in [1.82, 2.24) is 20.4 Å². The Bertz CT molecular complexity index is 543. The van der Waals surface area contributed by atoms with Crippen molar-refractivity contribution in [2.75, 3.05) is 27.3 Å². The van der Waals surface area contributed by atoms with Crippen LogP contribution in [-0.4, -0.2) is 43.0 Å². The van der Waals surface area contributed by atoms with Crippen LogP contribution in [0.3, 0.4) is 0 Å². The van der Waals surface area contributed by atoms with Gasteiger partial charge in [-0.15, -0.1) is 24.0 Å². The Balaban J connectivity index is 0.00000676. The first-order valence-electron chi connectivity index (χ1n) is 9.95. The smallest absolute Gasteiger partial charge is 0.191 e. The number of aliphatic imine (C=N–C) groups is 1. The lowest BCUT2D eigenvalue weighted by atomic mass is 10.0. The predicted octanol–water partition coefficient (Wildman–Crippen LogP) is 4.04. The molecular weight excluding hydrogens is 453 g/mol. The van der Waals surface area contributed by atoms with Crippen molar-refractivity contribution >= 4 is 29.9 Å². The van der Waals surface area contributed by atoms with Crippen molar-refractivity contribution in [2.24, 2.45) is 10.9 Å². The predicted molar refractivity (Wildman–Crippen MR) is 125 cm³/mol. The molecule has 1 aromatic rings. The average molecular weight is 493 g/mol. The number of unbranched alkanes of at least 4 members (excludes halogenated alkanes) is 3. The Kier molecular flexibility index (Phi) is 14.7. The summed E-state index contributed by atoms with van der Waals surface area (Å²) in [5.41, 5.74) is 3.48. The minimum absolute atomic E-state index is 0. The Labute approximate surface area is 182 Å². The highest BCUT2D eigenvalue weighted by molar-refractivity contribution is 14.0. The number of nitrogens with one attached hydrogen (secondary N) is 2. The summed E-state index contributed by atoms with van der Waals surface area (Å²) < 4.78 is 7.17. The molecule has 1 rings (SSSR count). The Morgan fingerprint density at radius 2 is 1.85 bits per heavy atom. The monoisotopic (exact) mass is 493 g/mol. The van der Waals surface area contributed by atoms with Crippen LogP contribution in [0.2, 0.25) is 0 Å². The van der Waals surface area contributed by atoms with E-state index in [1.165, 1.54) is 43.4 Å². The number of nitrogens with zero attached hydrogens (tertiary/aromatic N) is 3. The molecule has 0 unspecified atom stereocenters. The second-order valence-corrected chi connectivity index (χ2v) is 7.31. The van der Waals surface area contributed by atoms with Gasteiger partial charge in [0, 0.05) is 38.5 Å². The van der Waals surface area contributed by atoms with Gasteiger partial charge in [0.1, 0.15) is 0 Å². The van der Waals surface area contributed by atoms with Gasteiger partial charge in [-0.3, -0.25) is 9.67 Å². The maximum atomic E-state index is 5.15. The van der Waals surface area contributed by atoms with E-state index in [1.807, 2.05) is 11.7 Å². The van der Waals surface area contributed by atoms with Crippen molar-refractivity contribution < 1.29 is 4.74 Å². The second-order valence-electron chi connectivity index (χ2n) is 7.31. The number of guanidine groups is 1. The molecule has 0 aliphatic carbocycles. The summed E-state index contributed by atoms with van der Waals surface area (Å²) in [6, 6.07) is 0. The normalized spacial score (nSPS) is 11.6. The molecule has 6 nitrogen and oxygen atoms in total. The molecule has 0 spiro atoms. The first-order valence-corrected chi connectivity index (χ1v) is 9.95. The van der Waals surface area contributed by atoms with Gasteiger partial charge in [0.15, 0.2) is 5.96 Å². The molecule has 0 aliphatic heterocycles. The fourth-order valence-electron chi connectivity index (χ4n) is 3.02. The minimum atomic E-state index is 0. The maximum Gasteiger partial charge on any atom is 0.191 e. The number of ether oxygens (including phenoxy) is 1. The lowest BCUT2D eigenvalue weighted by molar-refractivity contribution is 0.182. The molecule has 0 fully saturated rings. The molecule has 158 valence electrons. The van der Waals surface area contributed by atoms with Crippen molar-refractivity contribution in [3.8, 4) is 0 Å². The number of rotatable bonds is 12. The molecule has 0 aliphatic rings. The van der Waals surface area contributed by atoms with E-state index in [4.69, 9.17) is 4.74 Å². The molecule has 1 aromatic heterocycles. The van der Waals surface area contributed by atoms with Crippen LogP contribution in [0.15, 0.2) is 4.99 Å². The van der Waals surface area contributed by atoms with Crippen molar-refractivity contribution in [1.29, 1.82) is 0 Å². The highest BCUT2D eigenvalue weighted by Gasteiger charge is 2.11. The summed E-state index contributed by atoms with van der Waals surface area (Å²) in [5, 5.41) is 11.4. The van der Waals surface area contributed by atoms with E-state index >= 15 is 0 Å². The third-order valence-corrected chi connectivity index (χ3v) is 4.70. The van der Waals surface area contributed by atoms with Crippen LogP contribution >= 0.6 is 24.0 Å². The fraction of sp³-hybridized carbons (Fsp3) is 0.800. The zero-order chi connectivity index (χ0) is 19.4. The van der Waals surface area contributed by atoms with Crippen molar-refractivity contribution in [2.45, 2.75) is 72.9 Å². The van der Waals surface area contributed by atoms with Crippen LogP contribution in [-0.2, 0) is 17.8 Å². The number of aromatic nitrogens is 2. The quantitative estimate of drug-likeness (QED) is 0.200. The van der Waals surface area contributed by atoms with E-state index in [0.29, 0.717) is 6.61 Å². The third kappa shape index (κ3) is 10.3. The van der Waals surface area contributed by atoms with Gasteiger partial charge < -0.3 is 15.4 Å². The van der Waals surface area contributed by atoms with Crippen LogP contribution in [0.4, 0.5) is 0 Å². The van der Waals surface area contributed by atoms with E-state index in [9.17, 15) is 0 Å². The summed E-state index contributed by atoms with van der Waals surface area (Å²) in [5.74, 6) is 1.68. The van der Waals surface area contributed by atoms with Gasteiger partial charge in [0.25, 0.3) is 0 Å². The molecule has 0 bridgehead atoms. The maximum absolute atomic E-state index is 5.15. The molecular formula is C20H40IN5O. The topological polar surface area (TPSA) is 63.5 Å². The van der Waals surface area contributed by atoms with Gasteiger partial charge in [0.2, 0.25) is 0 Å². The Morgan fingerprint density at radius 1 is 1.15 bits per heavy atom. The van der Waals surface area contributed by atoms with Crippen LogP contribution in [0, 0.1) is 19.8 Å². The van der Waals surface area contributed by atoms with Gasteiger partial charge in [-0.2, -0.15) is 5.10 Å². The first-order chi connectivity index (χ1) is 12.5. The second kappa shape index (κ2) is 15.1. The summed E-state index contributed by atoms with van der Waals surface area (Å²) in [6.07, 6.45) is 6.47. The van der Waals surface area contributed by atoms with Gasteiger partial charge >= 0.3 is 0 Å². The lowest BCUT2D eigenvalue weighted by Gasteiger charge is -2.12. The van der Waals surface area contributed by atoms with E-state index in [2.05, 4.69) is 48.4 Å². The van der Waals surface area contributed by atoms with Gasteiger partial charge in [-0.05, 0) is 26.2 Å². The minimum Gasteiger partial charge on any atom is -0.383 e. The third-order valence-electron chi connectivity index (χ3n) is 4.70. The van der Waals surface area contributed by atoms with E-state index in [0.717, 1.165) is 37.2 Å². The molecule has 0 saturated heterocycles. The van der Waals surface area contributed by atoms with Crippen molar-refractivity contribution in [3.63, 3.8) is 0 Å². The Hall–Kier alpha value is -0.830. The first kappa shape index (κ1) is 26.2. The highest BCUT2D eigenvalue weighted by atomic mass is 127. The van der Waals surface area contributed by atoms with Gasteiger partial charge in [-0.1, -0.05) is 39.5 Å². The zero-order valence-electron chi connectivity index (χ0n) is 18.1. The lowest BCUT2D eigenvalue weighted by Crippen LogP contribution is -2.37. The molecule has 0 atom stereocenters. The highest BCUT2D eigenvalue weighted by Crippen LogP contribution is 2.12. The largest absolute Gasteiger partial charge is 0.383 e. The molecule has 0 amide bonds. The molecule has 1 heterocycles. The number of hydrogen-bond acceptors (Lipinski definition) is 3. The average Bonchev–Trinajstić information content (AvgIpc) is 2.88. The van der Waals surface area contributed by atoms with Crippen LogP contribution in [0.5, 0.6) is 0 Å². The van der Waals surface area contributed by atoms with Gasteiger partial charge in [0.05, 0.1) is 18.8 Å². The number of halogens is 1. The molecule has 27 heavy (non-hydrogen) atoms. The van der Waals surface area contributed by atoms with Crippen LogP contribution < -0.4 is 10.6 Å². The fourth-order valence-corrected chi connectivity index (χ4v) is 3.02. The SMILES string of the molecule is CN=C(NCCCCCCC(C)C)NCc1c(C)nn(CCOC)c1C.I. The zero-order valence-corrected chi connectivity index (χ0v) is 20.4. The van der Waals surface area contributed by atoms with Gasteiger partial charge in [-0.25, -0.2) is 0 Å². The molecule has 0 radical (unpaired) electrons. The number of aryl methyl sites for hydroxylation is 1. The molecule has 7 heteroatoms. The van der Waals surface area contributed by atoms with E-state index in [1.54, 1.807) is 7.11 Å².